The summed E-state index contributed by atoms with van der Waals surface area (Å²) in [7, 11) is 0. The number of carbonyl (C=O) groups is 1. The fourth-order valence-corrected chi connectivity index (χ4v) is 3.72. The first-order valence-electron chi connectivity index (χ1n) is 10.5. The molecule has 0 bridgehead atoms. The van der Waals surface area contributed by atoms with Gasteiger partial charge in [-0.3, -0.25) is 4.79 Å². The van der Waals surface area contributed by atoms with E-state index in [2.05, 4.69) is 17.4 Å². The number of carbonyl (C=O) groups excluding carboxylic acids is 1. The van der Waals surface area contributed by atoms with Gasteiger partial charge in [-0.15, -0.1) is 0 Å². The van der Waals surface area contributed by atoms with Crippen LogP contribution in [0.5, 0.6) is 11.5 Å². The minimum atomic E-state index is -0.111. The molecule has 5 heteroatoms. The maximum absolute atomic E-state index is 12.6. The molecule has 1 atom stereocenters. The smallest absolute Gasteiger partial charge is 0.251 e. The van der Waals surface area contributed by atoms with E-state index in [4.69, 9.17) is 14.2 Å². The summed E-state index contributed by atoms with van der Waals surface area (Å²) in [5.41, 5.74) is 1.43. The van der Waals surface area contributed by atoms with Gasteiger partial charge in [0.2, 0.25) is 0 Å². The van der Waals surface area contributed by atoms with Crippen molar-refractivity contribution in [2.75, 3.05) is 19.8 Å². The lowest BCUT2D eigenvalue weighted by Crippen LogP contribution is -2.31. The average Bonchev–Trinajstić information content (AvgIpc) is 3.30. The third-order valence-electron chi connectivity index (χ3n) is 5.27. The molecule has 1 saturated heterocycles. The second kappa shape index (κ2) is 9.63. The number of hydrogen-bond acceptors (Lipinski definition) is 4. The molecule has 0 radical (unpaired) electrons. The maximum Gasteiger partial charge on any atom is 0.251 e. The van der Waals surface area contributed by atoms with Crippen LogP contribution in [0.3, 0.4) is 0 Å². The van der Waals surface area contributed by atoms with Gasteiger partial charge in [-0.05, 0) is 49.4 Å². The highest BCUT2D eigenvalue weighted by molar-refractivity contribution is 5.94. The summed E-state index contributed by atoms with van der Waals surface area (Å²) in [4.78, 5) is 12.6. The Hall–Kier alpha value is -3.05. The molecule has 0 spiro atoms. The number of nitrogens with one attached hydrogen (secondary N) is 1. The van der Waals surface area contributed by atoms with Crippen LogP contribution in [-0.2, 0) is 11.3 Å². The van der Waals surface area contributed by atoms with E-state index in [1.165, 1.54) is 0 Å². The van der Waals surface area contributed by atoms with Crippen LogP contribution < -0.4 is 14.8 Å². The van der Waals surface area contributed by atoms with E-state index in [-0.39, 0.29) is 12.0 Å². The average molecular weight is 405 g/mol. The molecular weight excluding hydrogens is 378 g/mol. The number of benzene rings is 3. The molecule has 1 fully saturated rings. The first-order valence-corrected chi connectivity index (χ1v) is 10.5. The fourth-order valence-electron chi connectivity index (χ4n) is 3.72. The predicted octanol–water partition coefficient (Wildman–Crippen LogP) is 4.73. The standard InChI is InChI=1S/C25H27NO4/c1-2-28-23-13-12-19(25(27)26-16-21-9-6-14-29-21)15-20(23)17-30-24-11-5-8-18-7-3-4-10-22(18)24/h3-5,7-8,10-13,15,21H,2,6,9,14,16-17H2,1H3,(H,26,27)/t21-/m0/s1. The lowest BCUT2D eigenvalue weighted by Gasteiger charge is -2.15. The summed E-state index contributed by atoms with van der Waals surface area (Å²) in [6.45, 7) is 4.12. The van der Waals surface area contributed by atoms with Gasteiger partial charge in [-0.1, -0.05) is 36.4 Å². The molecule has 30 heavy (non-hydrogen) atoms. The van der Waals surface area contributed by atoms with Crippen molar-refractivity contribution in [2.24, 2.45) is 0 Å². The molecule has 0 unspecified atom stereocenters. The molecule has 1 aliphatic rings. The van der Waals surface area contributed by atoms with Gasteiger partial charge in [0.1, 0.15) is 18.1 Å². The summed E-state index contributed by atoms with van der Waals surface area (Å²) >= 11 is 0. The Labute approximate surface area is 177 Å². The molecular formula is C25H27NO4. The monoisotopic (exact) mass is 405 g/mol. The van der Waals surface area contributed by atoms with Crippen molar-refractivity contribution >= 4 is 16.7 Å². The highest BCUT2D eigenvalue weighted by Gasteiger charge is 2.17. The van der Waals surface area contributed by atoms with Gasteiger partial charge >= 0.3 is 0 Å². The maximum atomic E-state index is 12.6. The van der Waals surface area contributed by atoms with Crippen molar-refractivity contribution in [1.29, 1.82) is 0 Å². The zero-order chi connectivity index (χ0) is 20.8. The molecule has 1 heterocycles. The lowest BCUT2D eigenvalue weighted by molar-refractivity contribution is 0.0857. The molecule has 4 rings (SSSR count). The molecule has 1 N–H and O–H groups in total. The second-order valence-electron chi connectivity index (χ2n) is 7.37. The van der Waals surface area contributed by atoms with Crippen molar-refractivity contribution in [3.8, 4) is 11.5 Å². The second-order valence-corrected chi connectivity index (χ2v) is 7.37. The highest BCUT2D eigenvalue weighted by atomic mass is 16.5. The van der Waals surface area contributed by atoms with Gasteiger partial charge in [0.05, 0.1) is 12.7 Å². The molecule has 1 amide bonds. The predicted molar refractivity (Wildman–Crippen MR) is 117 cm³/mol. The number of amides is 1. The molecule has 0 aliphatic carbocycles. The summed E-state index contributed by atoms with van der Waals surface area (Å²) < 4.78 is 17.5. The zero-order valence-corrected chi connectivity index (χ0v) is 17.2. The molecule has 5 nitrogen and oxygen atoms in total. The van der Waals surface area contributed by atoms with E-state index in [0.29, 0.717) is 25.3 Å². The highest BCUT2D eigenvalue weighted by Crippen LogP contribution is 2.28. The van der Waals surface area contributed by atoms with Gasteiger partial charge in [-0.25, -0.2) is 0 Å². The Morgan fingerprint density at radius 2 is 1.93 bits per heavy atom. The van der Waals surface area contributed by atoms with Crippen LogP contribution in [0.1, 0.15) is 35.7 Å². The summed E-state index contributed by atoms with van der Waals surface area (Å²) in [6.07, 6.45) is 2.17. The van der Waals surface area contributed by atoms with Gasteiger partial charge in [0.25, 0.3) is 5.91 Å². The number of hydrogen-bond donors (Lipinski definition) is 1. The van der Waals surface area contributed by atoms with Crippen LogP contribution >= 0.6 is 0 Å². The van der Waals surface area contributed by atoms with Crippen LogP contribution in [-0.4, -0.2) is 31.8 Å². The van der Waals surface area contributed by atoms with Crippen molar-refractivity contribution in [3.63, 3.8) is 0 Å². The van der Waals surface area contributed by atoms with Crippen molar-refractivity contribution < 1.29 is 19.0 Å². The van der Waals surface area contributed by atoms with Gasteiger partial charge in [0.15, 0.2) is 0 Å². The van der Waals surface area contributed by atoms with E-state index >= 15 is 0 Å². The molecule has 1 aliphatic heterocycles. The molecule has 156 valence electrons. The molecule has 0 saturated carbocycles. The Morgan fingerprint density at radius 1 is 1.07 bits per heavy atom. The Balaban J connectivity index is 1.50. The quantitative estimate of drug-likeness (QED) is 0.589. The summed E-state index contributed by atoms with van der Waals surface area (Å²) in [5, 5.41) is 5.16. The Kier molecular flexibility index (Phi) is 6.50. The van der Waals surface area contributed by atoms with Crippen LogP contribution in [0.15, 0.2) is 60.7 Å². The third-order valence-corrected chi connectivity index (χ3v) is 5.27. The van der Waals surface area contributed by atoms with Gasteiger partial charge in [0, 0.05) is 29.7 Å². The minimum absolute atomic E-state index is 0.111. The lowest BCUT2D eigenvalue weighted by atomic mass is 10.1. The van der Waals surface area contributed by atoms with Crippen molar-refractivity contribution in [1.82, 2.24) is 5.32 Å². The third kappa shape index (κ3) is 4.74. The van der Waals surface area contributed by atoms with Gasteiger partial charge < -0.3 is 19.5 Å². The van der Waals surface area contributed by atoms with E-state index in [9.17, 15) is 4.79 Å². The van der Waals surface area contributed by atoms with E-state index in [1.807, 2.05) is 49.4 Å². The summed E-state index contributed by atoms with van der Waals surface area (Å²) in [5.74, 6) is 1.43. The number of ether oxygens (including phenoxy) is 3. The Bertz CT molecular complexity index is 1010. The summed E-state index contributed by atoms with van der Waals surface area (Å²) in [6, 6.07) is 19.6. The minimum Gasteiger partial charge on any atom is -0.493 e. The first-order chi connectivity index (χ1) is 14.7. The van der Waals surface area contributed by atoms with E-state index in [1.54, 1.807) is 6.07 Å². The van der Waals surface area contributed by atoms with Crippen molar-refractivity contribution in [3.05, 3.63) is 71.8 Å². The number of rotatable bonds is 8. The van der Waals surface area contributed by atoms with Crippen LogP contribution in [0.2, 0.25) is 0 Å². The van der Waals surface area contributed by atoms with Crippen LogP contribution in [0.25, 0.3) is 10.8 Å². The number of fused-ring (bicyclic) bond motifs is 1. The van der Waals surface area contributed by atoms with Crippen LogP contribution in [0.4, 0.5) is 0 Å². The topological polar surface area (TPSA) is 56.8 Å². The van der Waals surface area contributed by atoms with E-state index < -0.39 is 0 Å². The van der Waals surface area contributed by atoms with Crippen molar-refractivity contribution in [2.45, 2.75) is 32.5 Å². The first kappa shape index (κ1) is 20.2. The molecule has 3 aromatic rings. The zero-order valence-electron chi connectivity index (χ0n) is 17.2. The van der Waals surface area contributed by atoms with E-state index in [0.717, 1.165) is 47.3 Å². The molecule has 0 aromatic heterocycles. The van der Waals surface area contributed by atoms with Crippen LogP contribution in [0, 0.1) is 0 Å². The fraction of sp³-hybridized carbons (Fsp3) is 0.320. The normalized spacial score (nSPS) is 15.8. The molecule has 3 aromatic carbocycles. The largest absolute Gasteiger partial charge is 0.493 e. The van der Waals surface area contributed by atoms with Gasteiger partial charge in [-0.2, -0.15) is 0 Å². The Morgan fingerprint density at radius 3 is 2.77 bits per heavy atom. The SMILES string of the molecule is CCOc1ccc(C(=O)NC[C@@H]2CCCO2)cc1COc1cccc2ccccc12.